The summed E-state index contributed by atoms with van der Waals surface area (Å²) in [6.07, 6.45) is 0.473. The number of halogens is 3. The summed E-state index contributed by atoms with van der Waals surface area (Å²) in [6, 6.07) is -3.90. The maximum atomic E-state index is 14.0. The van der Waals surface area contributed by atoms with Gasteiger partial charge in [0.2, 0.25) is 23.5 Å². The Morgan fingerprint density at radius 3 is 2.20 bits per heavy atom. The largest absolute Gasteiger partial charge is 0.471 e. The van der Waals surface area contributed by atoms with Crippen LogP contribution in [0.3, 0.4) is 0 Å². The van der Waals surface area contributed by atoms with E-state index in [9.17, 15) is 41.9 Å². The summed E-state index contributed by atoms with van der Waals surface area (Å²) < 4.78 is 39.9. The molecule has 1 unspecified atom stereocenters. The highest BCUT2D eigenvalue weighted by Gasteiger charge is 2.53. The van der Waals surface area contributed by atoms with Gasteiger partial charge < -0.3 is 26.2 Å². The average molecular weight is 628 g/mol. The van der Waals surface area contributed by atoms with Crippen molar-refractivity contribution in [3.05, 3.63) is 0 Å². The highest BCUT2D eigenvalue weighted by atomic mass is 19.4. The molecule has 2 aliphatic carbocycles. The van der Waals surface area contributed by atoms with Gasteiger partial charge in [-0.15, -0.1) is 0 Å². The van der Waals surface area contributed by atoms with Crippen LogP contribution in [0.25, 0.3) is 0 Å². The monoisotopic (exact) mass is 627 g/mol. The lowest BCUT2D eigenvalue weighted by Crippen LogP contribution is -2.60. The number of amides is 5. The van der Waals surface area contributed by atoms with Gasteiger partial charge in [0, 0.05) is 24.5 Å². The van der Waals surface area contributed by atoms with Crippen LogP contribution in [0.1, 0.15) is 85.0 Å². The highest BCUT2D eigenvalue weighted by molar-refractivity contribution is 6.38. The number of hydrogen-bond donors (Lipinski definition) is 4. The van der Waals surface area contributed by atoms with Crippen LogP contribution >= 0.6 is 0 Å². The number of nitrogens with one attached hydrogen (secondary N) is 4. The van der Waals surface area contributed by atoms with E-state index in [0.29, 0.717) is 45.1 Å². The summed E-state index contributed by atoms with van der Waals surface area (Å²) >= 11 is 0. The predicted molar refractivity (Wildman–Crippen MR) is 151 cm³/mol. The number of nitrogens with zero attached hydrogens (tertiary/aromatic N) is 1. The Kier molecular flexibility index (Phi) is 10.3. The third kappa shape index (κ3) is 7.90. The van der Waals surface area contributed by atoms with Crippen molar-refractivity contribution in [1.29, 1.82) is 0 Å². The van der Waals surface area contributed by atoms with Gasteiger partial charge in [-0.3, -0.25) is 28.8 Å². The molecule has 4 rings (SSSR count). The molecule has 2 heterocycles. The minimum atomic E-state index is -5.18. The van der Waals surface area contributed by atoms with Crippen LogP contribution in [0.2, 0.25) is 0 Å². The number of Topliss-reactive ketones (excluding diaryl/α,β-unsaturated/α-hetero) is 1. The summed E-state index contributed by atoms with van der Waals surface area (Å²) in [4.78, 5) is 79.9. The summed E-state index contributed by atoms with van der Waals surface area (Å²) in [5.41, 5.74) is -0.743. The van der Waals surface area contributed by atoms with E-state index in [0.717, 1.165) is 19.3 Å². The first-order valence-corrected chi connectivity index (χ1v) is 15.7. The molecule has 2 saturated carbocycles. The Morgan fingerprint density at radius 2 is 1.61 bits per heavy atom. The van der Waals surface area contributed by atoms with E-state index in [2.05, 4.69) is 16.0 Å². The van der Waals surface area contributed by atoms with Gasteiger partial charge in [0.25, 0.3) is 5.91 Å². The number of rotatable bonds is 9. The minimum absolute atomic E-state index is 0.0704. The number of ketones is 1. The second kappa shape index (κ2) is 13.4. The third-order valence-electron chi connectivity index (χ3n) is 9.40. The summed E-state index contributed by atoms with van der Waals surface area (Å²) in [6.45, 7) is 5.62. The molecule has 11 nitrogen and oxygen atoms in total. The summed E-state index contributed by atoms with van der Waals surface area (Å²) in [7, 11) is 0. The van der Waals surface area contributed by atoms with Gasteiger partial charge in [-0.2, -0.15) is 13.2 Å². The standard InChI is InChI=1S/C30H44F3N5O6/c1-29(2,3)37-26(42)23(39)20(14-17-12-13-34-24(17)40)35-25(41)22-19-11-7-10-18(19)15-38(22)27(43)21(16-8-5-4-6-9-16)36-28(44)30(31,32)33/h16-22H,4-15H2,1-3H3,(H,34,40)(H,35,41)(H,36,44)(H,37,42)/t17-,18-,19-,20-,21?,22-/m0/s1. The molecule has 0 spiro atoms. The molecular weight excluding hydrogens is 583 g/mol. The lowest BCUT2D eigenvalue weighted by atomic mass is 9.83. The lowest BCUT2D eigenvalue weighted by Gasteiger charge is -2.36. The van der Waals surface area contributed by atoms with Crippen LogP contribution < -0.4 is 21.3 Å². The van der Waals surface area contributed by atoms with Crippen LogP contribution in [0, 0.1) is 23.7 Å². The van der Waals surface area contributed by atoms with E-state index >= 15 is 0 Å². The Balaban J connectivity index is 1.60. The summed E-state index contributed by atoms with van der Waals surface area (Å²) in [5.74, 6) is -7.27. The molecule has 4 aliphatic rings. The van der Waals surface area contributed by atoms with Crippen molar-refractivity contribution in [3.63, 3.8) is 0 Å². The van der Waals surface area contributed by atoms with Gasteiger partial charge in [0.15, 0.2) is 0 Å². The first-order chi connectivity index (χ1) is 20.6. The predicted octanol–water partition coefficient (Wildman–Crippen LogP) is 1.74. The Labute approximate surface area is 255 Å². The quantitative estimate of drug-likeness (QED) is 0.286. The van der Waals surface area contributed by atoms with Gasteiger partial charge in [-0.25, -0.2) is 0 Å². The Morgan fingerprint density at radius 1 is 0.932 bits per heavy atom. The fraction of sp³-hybridized carbons (Fsp3) is 0.800. The fourth-order valence-corrected chi connectivity index (χ4v) is 7.32. The molecule has 6 atom stereocenters. The molecule has 0 radical (unpaired) electrons. The van der Waals surface area contributed by atoms with E-state index < -0.39 is 71.1 Å². The van der Waals surface area contributed by atoms with Crippen molar-refractivity contribution in [2.24, 2.45) is 23.7 Å². The van der Waals surface area contributed by atoms with Crippen LogP contribution in [0.5, 0.6) is 0 Å². The molecule has 2 aliphatic heterocycles. The van der Waals surface area contributed by atoms with Gasteiger partial charge in [-0.05, 0) is 77.0 Å². The molecule has 4 fully saturated rings. The van der Waals surface area contributed by atoms with E-state index in [1.807, 2.05) is 5.32 Å². The van der Waals surface area contributed by atoms with Crippen molar-refractivity contribution in [2.75, 3.05) is 13.1 Å². The van der Waals surface area contributed by atoms with Crippen LogP contribution in [-0.4, -0.2) is 83.1 Å². The molecule has 5 amide bonds. The molecule has 14 heteroatoms. The fourth-order valence-electron chi connectivity index (χ4n) is 7.32. The number of hydrogen-bond acceptors (Lipinski definition) is 6. The topological polar surface area (TPSA) is 154 Å². The second-order valence-corrected chi connectivity index (χ2v) is 13.8. The lowest BCUT2D eigenvalue weighted by molar-refractivity contribution is -0.175. The molecule has 4 N–H and O–H groups in total. The number of fused-ring (bicyclic) bond motifs is 1. The van der Waals surface area contributed by atoms with E-state index in [4.69, 9.17) is 0 Å². The number of alkyl halides is 3. The SMILES string of the molecule is CC(C)(C)NC(=O)C(=O)[C@H](C[C@@H]1CCNC1=O)NC(=O)[C@@H]1[C@H]2CCC[C@H]2CN1C(=O)C(NC(=O)C(F)(F)F)C1CCCCC1. The van der Waals surface area contributed by atoms with E-state index in [-0.39, 0.29) is 30.7 Å². The van der Waals surface area contributed by atoms with Crippen LogP contribution in [0.15, 0.2) is 0 Å². The smallest absolute Gasteiger partial charge is 0.356 e. The molecule has 246 valence electrons. The van der Waals surface area contributed by atoms with Crippen LogP contribution in [-0.2, 0) is 28.8 Å². The first kappa shape index (κ1) is 33.7. The molecule has 44 heavy (non-hydrogen) atoms. The number of likely N-dealkylation sites (tertiary alicyclic amines) is 1. The van der Waals surface area contributed by atoms with Gasteiger partial charge in [0.1, 0.15) is 12.1 Å². The van der Waals surface area contributed by atoms with Crippen molar-refractivity contribution >= 4 is 35.3 Å². The zero-order chi connectivity index (χ0) is 32.4. The number of carbonyl (C=O) groups excluding carboxylic acids is 6. The van der Waals surface area contributed by atoms with Gasteiger partial charge in [0.05, 0.1) is 6.04 Å². The molecular formula is C30H44F3N5O6. The van der Waals surface area contributed by atoms with Crippen molar-refractivity contribution in [2.45, 2.75) is 115 Å². The van der Waals surface area contributed by atoms with Crippen molar-refractivity contribution in [1.82, 2.24) is 26.2 Å². The number of carbonyl (C=O) groups is 6. The molecule has 0 aromatic carbocycles. The van der Waals surface area contributed by atoms with Crippen molar-refractivity contribution < 1.29 is 41.9 Å². The van der Waals surface area contributed by atoms with E-state index in [1.54, 1.807) is 20.8 Å². The van der Waals surface area contributed by atoms with Gasteiger partial charge in [-0.1, -0.05) is 25.7 Å². The zero-order valence-electron chi connectivity index (χ0n) is 25.6. The Hall–Kier alpha value is -3.19. The average Bonchev–Trinajstić information content (AvgIpc) is 3.65. The molecule has 0 aromatic heterocycles. The molecule has 0 aromatic rings. The third-order valence-corrected chi connectivity index (χ3v) is 9.40. The normalized spacial score (nSPS) is 27.2. The highest BCUT2D eigenvalue weighted by Crippen LogP contribution is 2.43. The first-order valence-electron chi connectivity index (χ1n) is 15.7. The second-order valence-electron chi connectivity index (χ2n) is 13.8. The van der Waals surface area contributed by atoms with Crippen LogP contribution in [0.4, 0.5) is 13.2 Å². The summed E-state index contributed by atoms with van der Waals surface area (Å²) in [5, 5.41) is 9.87. The zero-order valence-corrected chi connectivity index (χ0v) is 25.6. The molecule has 2 saturated heterocycles. The Bertz CT molecular complexity index is 1150. The minimum Gasteiger partial charge on any atom is -0.356 e. The molecule has 0 bridgehead atoms. The maximum absolute atomic E-state index is 14.0. The van der Waals surface area contributed by atoms with E-state index in [1.165, 1.54) is 4.90 Å². The maximum Gasteiger partial charge on any atom is 0.471 e. The van der Waals surface area contributed by atoms with Crippen molar-refractivity contribution in [3.8, 4) is 0 Å². The van der Waals surface area contributed by atoms with Gasteiger partial charge >= 0.3 is 12.1 Å².